The van der Waals surface area contributed by atoms with Crippen LogP contribution in [0.1, 0.15) is 19.3 Å². The van der Waals surface area contributed by atoms with E-state index in [-0.39, 0.29) is 20.6 Å². The third-order valence-electron chi connectivity index (χ3n) is 3.70. The molecule has 2 N–H and O–H groups in total. The third-order valence-corrected chi connectivity index (χ3v) is 6.23. The Morgan fingerprint density at radius 1 is 1.35 bits per heavy atom. The summed E-state index contributed by atoms with van der Waals surface area (Å²) >= 11 is 11.7. The molecule has 0 spiro atoms. The van der Waals surface area contributed by atoms with Crippen LogP contribution in [0.25, 0.3) is 0 Å². The normalized spacial score (nSPS) is 17.6. The van der Waals surface area contributed by atoms with Crippen molar-refractivity contribution in [2.75, 3.05) is 12.8 Å². The smallest absolute Gasteiger partial charge is 0.244 e. The summed E-state index contributed by atoms with van der Waals surface area (Å²) in [6, 6.07) is 4.58. The summed E-state index contributed by atoms with van der Waals surface area (Å²) in [6.45, 7) is 0. The Morgan fingerprint density at radius 3 is 2.20 bits per heavy atom. The van der Waals surface area contributed by atoms with E-state index in [4.69, 9.17) is 28.9 Å². The number of nitrogens with zero attached hydrogens (tertiary/aromatic N) is 2. The van der Waals surface area contributed by atoms with E-state index in [1.165, 1.54) is 19.2 Å². The van der Waals surface area contributed by atoms with Gasteiger partial charge in [0, 0.05) is 7.05 Å². The molecule has 0 unspecified atom stereocenters. The molecule has 0 radical (unpaired) electrons. The van der Waals surface area contributed by atoms with Crippen molar-refractivity contribution >= 4 is 38.9 Å². The molecule has 108 valence electrons. The molecule has 0 saturated heterocycles. The molecular weight excluding hydrogens is 321 g/mol. The molecule has 1 aliphatic rings. The highest BCUT2D eigenvalue weighted by Crippen LogP contribution is 2.40. The van der Waals surface area contributed by atoms with Gasteiger partial charge in [0.15, 0.2) is 0 Å². The number of nitriles is 1. The van der Waals surface area contributed by atoms with Crippen LogP contribution < -0.4 is 5.73 Å². The van der Waals surface area contributed by atoms with Gasteiger partial charge in [-0.25, -0.2) is 8.42 Å². The fourth-order valence-electron chi connectivity index (χ4n) is 2.11. The Morgan fingerprint density at radius 2 is 1.85 bits per heavy atom. The van der Waals surface area contributed by atoms with E-state index < -0.39 is 15.6 Å². The molecule has 0 aliphatic heterocycles. The predicted octanol–water partition coefficient (Wildman–Crippen LogP) is 2.64. The van der Waals surface area contributed by atoms with Crippen molar-refractivity contribution < 1.29 is 8.42 Å². The molecule has 1 aromatic rings. The lowest BCUT2D eigenvalue weighted by Gasteiger charge is -2.41. The van der Waals surface area contributed by atoms with E-state index in [1.54, 1.807) is 0 Å². The second-order valence-corrected chi connectivity index (χ2v) is 7.55. The first-order valence-electron chi connectivity index (χ1n) is 5.89. The standard InChI is InChI=1S/C12H13Cl2N3O2S/c1-17(12(7-15)3-2-4-12)20(18,19)8-5-9(13)11(16)10(14)6-8/h5-6H,2-4,16H2,1H3. The van der Waals surface area contributed by atoms with Crippen LogP contribution in [0.2, 0.25) is 10.0 Å². The van der Waals surface area contributed by atoms with Crippen LogP contribution in [-0.2, 0) is 10.0 Å². The molecule has 1 saturated carbocycles. The van der Waals surface area contributed by atoms with Gasteiger partial charge >= 0.3 is 0 Å². The van der Waals surface area contributed by atoms with Gasteiger partial charge < -0.3 is 5.73 Å². The van der Waals surface area contributed by atoms with E-state index in [9.17, 15) is 13.7 Å². The van der Waals surface area contributed by atoms with Gasteiger partial charge in [-0.3, -0.25) is 0 Å². The van der Waals surface area contributed by atoms with Crippen LogP contribution in [0, 0.1) is 11.3 Å². The maximum absolute atomic E-state index is 12.6. The molecule has 0 aromatic heterocycles. The number of benzene rings is 1. The first-order chi connectivity index (χ1) is 9.24. The molecular formula is C12H13Cl2N3O2S. The molecule has 1 aliphatic carbocycles. The Hall–Kier alpha value is -1.00. The van der Waals surface area contributed by atoms with Gasteiger partial charge in [-0.05, 0) is 31.4 Å². The molecule has 0 heterocycles. The van der Waals surface area contributed by atoms with Crippen molar-refractivity contribution in [2.24, 2.45) is 0 Å². The summed E-state index contributed by atoms with van der Waals surface area (Å²) in [5.41, 5.74) is 4.75. The average molecular weight is 334 g/mol. The summed E-state index contributed by atoms with van der Waals surface area (Å²) in [4.78, 5) is -0.0641. The molecule has 0 atom stereocenters. The lowest BCUT2D eigenvalue weighted by Crippen LogP contribution is -2.53. The van der Waals surface area contributed by atoms with Crippen LogP contribution in [0.3, 0.4) is 0 Å². The first kappa shape index (κ1) is 15.4. The number of hydrogen-bond donors (Lipinski definition) is 1. The largest absolute Gasteiger partial charge is 0.396 e. The van der Waals surface area contributed by atoms with E-state index in [1.807, 2.05) is 0 Å². The number of sulfonamides is 1. The fourth-order valence-corrected chi connectivity index (χ4v) is 4.26. The summed E-state index contributed by atoms with van der Waals surface area (Å²) < 4.78 is 26.2. The second kappa shape index (κ2) is 5.08. The molecule has 5 nitrogen and oxygen atoms in total. The van der Waals surface area contributed by atoms with Gasteiger partial charge in [0.05, 0.1) is 26.7 Å². The lowest BCUT2D eigenvalue weighted by molar-refractivity contribution is 0.171. The van der Waals surface area contributed by atoms with Gasteiger partial charge in [-0.2, -0.15) is 9.57 Å². The Balaban J connectivity index is 2.49. The van der Waals surface area contributed by atoms with Crippen LogP contribution >= 0.6 is 23.2 Å². The minimum Gasteiger partial charge on any atom is -0.396 e. The molecule has 2 rings (SSSR count). The zero-order valence-electron chi connectivity index (χ0n) is 10.7. The maximum Gasteiger partial charge on any atom is 0.244 e. The predicted molar refractivity (Wildman–Crippen MR) is 78.0 cm³/mol. The number of halogens is 2. The molecule has 8 heteroatoms. The number of anilines is 1. The van der Waals surface area contributed by atoms with Gasteiger partial charge in [0.1, 0.15) is 5.54 Å². The average Bonchev–Trinajstić information content (AvgIpc) is 2.34. The van der Waals surface area contributed by atoms with E-state index in [0.29, 0.717) is 12.8 Å². The summed E-state index contributed by atoms with van der Waals surface area (Å²) in [5, 5.41) is 9.39. The van der Waals surface area contributed by atoms with E-state index in [0.717, 1.165) is 10.7 Å². The van der Waals surface area contributed by atoms with Crippen molar-refractivity contribution in [3.05, 3.63) is 22.2 Å². The second-order valence-electron chi connectivity index (χ2n) is 4.77. The molecule has 0 bridgehead atoms. The van der Waals surface area contributed by atoms with Crippen molar-refractivity contribution in [3.63, 3.8) is 0 Å². The van der Waals surface area contributed by atoms with Gasteiger partial charge in [0.25, 0.3) is 0 Å². The van der Waals surface area contributed by atoms with Crippen LogP contribution in [-0.4, -0.2) is 25.3 Å². The highest BCUT2D eigenvalue weighted by molar-refractivity contribution is 7.89. The van der Waals surface area contributed by atoms with Crippen LogP contribution in [0.4, 0.5) is 5.69 Å². The molecule has 1 aromatic carbocycles. The fraction of sp³-hybridized carbons (Fsp3) is 0.417. The van der Waals surface area contributed by atoms with Gasteiger partial charge in [0.2, 0.25) is 10.0 Å². The summed E-state index contributed by atoms with van der Waals surface area (Å²) in [6.07, 6.45) is 1.88. The lowest BCUT2D eigenvalue weighted by atomic mass is 9.78. The first-order valence-corrected chi connectivity index (χ1v) is 8.09. The maximum atomic E-state index is 12.6. The summed E-state index contributed by atoms with van der Waals surface area (Å²) in [7, 11) is -2.45. The highest BCUT2D eigenvalue weighted by Gasteiger charge is 2.47. The zero-order valence-corrected chi connectivity index (χ0v) is 13.1. The quantitative estimate of drug-likeness (QED) is 0.861. The monoisotopic (exact) mass is 333 g/mol. The highest BCUT2D eigenvalue weighted by atomic mass is 35.5. The molecule has 0 amide bonds. The topological polar surface area (TPSA) is 87.2 Å². The summed E-state index contributed by atoms with van der Waals surface area (Å²) in [5.74, 6) is 0. The molecule has 1 fully saturated rings. The Labute approximate surface area is 127 Å². The van der Waals surface area contributed by atoms with Crippen molar-refractivity contribution in [1.29, 1.82) is 5.26 Å². The van der Waals surface area contributed by atoms with Crippen molar-refractivity contribution in [3.8, 4) is 6.07 Å². The zero-order chi connectivity index (χ0) is 15.1. The minimum absolute atomic E-state index is 0.0641. The van der Waals surface area contributed by atoms with Crippen molar-refractivity contribution in [1.82, 2.24) is 4.31 Å². The van der Waals surface area contributed by atoms with Gasteiger partial charge in [-0.1, -0.05) is 23.2 Å². The van der Waals surface area contributed by atoms with Crippen LogP contribution in [0.15, 0.2) is 17.0 Å². The number of nitrogen functional groups attached to an aromatic ring is 1. The Bertz CT molecular complexity index is 670. The third kappa shape index (κ3) is 2.25. The molecule has 20 heavy (non-hydrogen) atoms. The van der Waals surface area contributed by atoms with Gasteiger partial charge in [-0.15, -0.1) is 0 Å². The number of hydrogen-bond acceptors (Lipinski definition) is 4. The van der Waals surface area contributed by atoms with Crippen LogP contribution in [0.5, 0.6) is 0 Å². The number of nitrogens with two attached hydrogens (primary N) is 1. The van der Waals surface area contributed by atoms with E-state index >= 15 is 0 Å². The van der Waals surface area contributed by atoms with Crippen molar-refractivity contribution in [2.45, 2.75) is 29.7 Å². The van der Waals surface area contributed by atoms with E-state index in [2.05, 4.69) is 6.07 Å². The SMILES string of the molecule is CN(C1(C#N)CCC1)S(=O)(=O)c1cc(Cl)c(N)c(Cl)c1. The Kier molecular flexibility index (Phi) is 3.91. The minimum atomic E-state index is -3.84. The number of rotatable bonds is 3.